The van der Waals surface area contributed by atoms with Gasteiger partial charge in [-0.25, -0.2) is 0 Å². The third kappa shape index (κ3) is 3.96. The number of hydrogen-bond acceptors (Lipinski definition) is 3. The van der Waals surface area contributed by atoms with Crippen LogP contribution in [0.3, 0.4) is 0 Å². The van der Waals surface area contributed by atoms with Gasteiger partial charge < -0.3 is 19.4 Å². The highest BCUT2D eigenvalue weighted by atomic mass is 79.9. The van der Waals surface area contributed by atoms with Gasteiger partial charge in [-0.3, -0.25) is 4.79 Å². The molecule has 1 amide bonds. The van der Waals surface area contributed by atoms with Gasteiger partial charge in [-0.15, -0.1) is 0 Å². The minimum absolute atomic E-state index is 0.0782. The number of benzene rings is 2. The van der Waals surface area contributed by atoms with Gasteiger partial charge in [0.25, 0.3) is 0 Å². The fraction of sp³-hybridized carbons (Fsp3) is 0.211. The Hall–Kier alpha value is -2.47. The van der Waals surface area contributed by atoms with Crippen molar-refractivity contribution in [1.82, 2.24) is 4.57 Å². The first-order valence-electron chi connectivity index (χ1n) is 7.87. The van der Waals surface area contributed by atoms with E-state index >= 15 is 0 Å². The number of aromatic nitrogens is 1. The normalized spacial score (nSPS) is 10.7. The molecule has 1 heterocycles. The smallest absolute Gasteiger partial charge is 0.226 e. The zero-order valence-electron chi connectivity index (χ0n) is 14.1. The first-order chi connectivity index (χ1) is 12.1. The van der Waals surface area contributed by atoms with E-state index in [-0.39, 0.29) is 5.91 Å². The molecule has 2 aromatic carbocycles. The molecule has 25 heavy (non-hydrogen) atoms. The average molecular weight is 403 g/mol. The van der Waals surface area contributed by atoms with Crippen LogP contribution in [0, 0.1) is 0 Å². The number of fused-ring (bicyclic) bond motifs is 1. The van der Waals surface area contributed by atoms with Crippen molar-refractivity contribution in [3.05, 3.63) is 53.1 Å². The maximum Gasteiger partial charge on any atom is 0.226 e. The number of methoxy groups -OCH3 is 2. The second-order valence-corrected chi connectivity index (χ2v) is 6.49. The number of anilines is 1. The lowest BCUT2D eigenvalue weighted by molar-refractivity contribution is -0.116. The number of amides is 1. The summed E-state index contributed by atoms with van der Waals surface area (Å²) in [4.78, 5) is 12.3. The standard InChI is InChI=1S/C19H19BrN2O3/c1-24-15-4-6-18(25-2)16(12-15)21-19(23)8-10-22-9-7-13-11-14(20)3-5-17(13)22/h3-7,9,11-12H,8,10H2,1-2H3,(H,21,23). The molecule has 6 heteroatoms. The van der Waals surface area contributed by atoms with E-state index in [2.05, 4.69) is 31.9 Å². The summed E-state index contributed by atoms with van der Waals surface area (Å²) in [6, 6.07) is 13.5. The van der Waals surface area contributed by atoms with Crippen LogP contribution in [0.5, 0.6) is 11.5 Å². The van der Waals surface area contributed by atoms with Crippen molar-refractivity contribution in [1.29, 1.82) is 0 Å². The summed E-state index contributed by atoms with van der Waals surface area (Å²) in [5, 5.41) is 4.03. The van der Waals surface area contributed by atoms with Gasteiger partial charge >= 0.3 is 0 Å². The average Bonchev–Trinajstić information content (AvgIpc) is 3.01. The Balaban J connectivity index is 1.68. The summed E-state index contributed by atoms with van der Waals surface area (Å²) in [7, 11) is 3.16. The van der Waals surface area contributed by atoms with Crippen molar-refractivity contribution < 1.29 is 14.3 Å². The predicted octanol–water partition coefficient (Wildman–Crippen LogP) is 4.45. The van der Waals surface area contributed by atoms with E-state index in [0.29, 0.717) is 30.2 Å². The van der Waals surface area contributed by atoms with Gasteiger partial charge in [0.2, 0.25) is 5.91 Å². The minimum atomic E-state index is -0.0782. The molecule has 3 aromatic rings. The van der Waals surface area contributed by atoms with Crippen LogP contribution < -0.4 is 14.8 Å². The number of carbonyl (C=O) groups excluding carboxylic acids is 1. The number of ether oxygens (including phenoxy) is 2. The van der Waals surface area contributed by atoms with Crippen LogP contribution in [0.25, 0.3) is 10.9 Å². The Bertz CT molecular complexity index is 905. The maximum absolute atomic E-state index is 12.3. The Morgan fingerprint density at radius 1 is 1.12 bits per heavy atom. The quantitative estimate of drug-likeness (QED) is 0.662. The van der Waals surface area contributed by atoms with Crippen LogP contribution >= 0.6 is 15.9 Å². The van der Waals surface area contributed by atoms with E-state index in [1.807, 2.05) is 24.4 Å². The van der Waals surface area contributed by atoms with Crippen molar-refractivity contribution in [3.63, 3.8) is 0 Å². The molecule has 130 valence electrons. The van der Waals surface area contributed by atoms with Crippen LogP contribution in [0.1, 0.15) is 6.42 Å². The number of aryl methyl sites for hydroxylation is 1. The predicted molar refractivity (Wildman–Crippen MR) is 102 cm³/mol. The summed E-state index contributed by atoms with van der Waals surface area (Å²) in [6.07, 6.45) is 2.36. The summed E-state index contributed by atoms with van der Waals surface area (Å²) < 4.78 is 13.6. The van der Waals surface area contributed by atoms with Gasteiger partial charge in [0.05, 0.1) is 19.9 Å². The lowest BCUT2D eigenvalue weighted by Gasteiger charge is -2.12. The zero-order chi connectivity index (χ0) is 17.8. The molecular weight excluding hydrogens is 384 g/mol. The highest BCUT2D eigenvalue weighted by Gasteiger charge is 2.10. The van der Waals surface area contributed by atoms with E-state index in [4.69, 9.17) is 9.47 Å². The van der Waals surface area contributed by atoms with E-state index in [1.54, 1.807) is 32.4 Å². The lowest BCUT2D eigenvalue weighted by Crippen LogP contribution is -2.15. The zero-order valence-corrected chi connectivity index (χ0v) is 15.7. The summed E-state index contributed by atoms with van der Waals surface area (Å²) in [6.45, 7) is 0.600. The lowest BCUT2D eigenvalue weighted by atomic mass is 10.2. The molecule has 1 N–H and O–H groups in total. The van der Waals surface area contributed by atoms with Crippen LogP contribution in [-0.2, 0) is 11.3 Å². The van der Waals surface area contributed by atoms with Crippen molar-refractivity contribution in [3.8, 4) is 11.5 Å². The van der Waals surface area contributed by atoms with Crippen molar-refractivity contribution in [2.75, 3.05) is 19.5 Å². The molecule has 0 fully saturated rings. The van der Waals surface area contributed by atoms with Crippen molar-refractivity contribution >= 4 is 38.4 Å². The number of halogens is 1. The highest BCUT2D eigenvalue weighted by molar-refractivity contribution is 9.10. The van der Waals surface area contributed by atoms with Gasteiger partial charge in [-0.05, 0) is 36.4 Å². The molecular formula is C19H19BrN2O3. The summed E-state index contributed by atoms with van der Waals surface area (Å²) in [5.74, 6) is 1.19. The molecule has 0 radical (unpaired) electrons. The molecule has 0 unspecified atom stereocenters. The highest BCUT2D eigenvalue weighted by Crippen LogP contribution is 2.29. The second-order valence-electron chi connectivity index (χ2n) is 5.58. The molecule has 0 spiro atoms. The van der Waals surface area contributed by atoms with E-state index in [0.717, 1.165) is 15.4 Å². The largest absolute Gasteiger partial charge is 0.497 e. The fourth-order valence-corrected chi connectivity index (χ4v) is 3.09. The molecule has 0 bridgehead atoms. The Morgan fingerprint density at radius 2 is 1.96 bits per heavy atom. The van der Waals surface area contributed by atoms with Crippen LogP contribution in [-0.4, -0.2) is 24.7 Å². The van der Waals surface area contributed by atoms with Crippen molar-refractivity contribution in [2.45, 2.75) is 13.0 Å². The molecule has 0 atom stereocenters. The van der Waals surface area contributed by atoms with E-state index < -0.39 is 0 Å². The van der Waals surface area contributed by atoms with Crippen LogP contribution in [0.4, 0.5) is 5.69 Å². The third-order valence-corrected chi connectivity index (χ3v) is 4.49. The topological polar surface area (TPSA) is 52.5 Å². The number of hydrogen-bond donors (Lipinski definition) is 1. The van der Waals surface area contributed by atoms with Crippen LogP contribution in [0.15, 0.2) is 53.1 Å². The number of rotatable bonds is 6. The molecule has 0 aliphatic heterocycles. The van der Waals surface area contributed by atoms with Gasteiger partial charge in [0, 0.05) is 40.6 Å². The SMILES string of the molecule is COc1ccc(OC)c(NC(=O)CCn2ccc3cc(Br)ccc32)c1. The number of nitrogens with zero attached hydrogens (tertiary/aromatic N) is 1. The van der Waals surface area contributed by atoms with Gasteiger partial charge in [0.15, 0.2) is 0 Å². The van der Waals surface area contributed by atoms with Gasteiger partial charge in [-0.2, -0.15) is 0 Å². The van der Waals surface area contributed by atoms with Gasteiger partial charge in [0.1, 0.15) is 11.5 Å². The maximum atomic E-state index is 12.3. The van der Waals surface area contributed by atoms with E-state index in [9.17, 15) is 4.79 Å². The monoisotopic (exact) mass is 402 g/mol. The summed E-state index contributed by atoms with van der Waals surface area (Å²) >= 11 is 3.47. The molecule has 1 aromatic heterocycles. The third-order valence-electron chi connectivity index (χ3n) is 3.99. The van der Waals surface area contributed by atoms with Gasteiger partial charge in [-0.1, -0.05) is 15.9 Å². The fourth-order valence-electron chi connectivity index (χ4n) is 2.71. The summed E-state index contributed by atoms with van der Waals surface area (Å²) in [5.41, 5.74) is 1.71. The van der Waals surface area contributed by atoms with Crippen LogP contribution in [0.2, 0.25) is 0 Å². The molecule has 0 aliphatic rings. The Kier molecular flexibility index (Phi) is 5.28. The van der Waals surface area contributed by atoms with E-state index in [1.165, 1.54) is 0 Å². The molecule has 3 rings (SSSR count). The Labute approximate surface area is 154 Å². The molecule has 0 saturated heterocycles. The molecule has 0 saturated carbocycles. The molecule has 0 aliphatic carbocycles. The first kappa shape index (κ1) is 17.4. The molecule has 5 nitrogen and oxygen atoms in total. The minimum Gasteiger partial charge on any atom is -0.497 e. The number of nitrogens with one attached hydrogen (secondary N) is 1. The first-order valence-corrected chi connectivity index (χ1v) is 8.66. The van der Waals surface area contributed by atoms with Crippen molar-refractivity contribution in [2.24, 2.45) is 0 Å². The number of carbonyl (C=O) groups is 1. The Morgan fingerprint density at radius 3 is 2.72 bits per heavy atom. The second kappa shape index (κ2) is 7.61.